The van der Waals surface area contributed by atoms with Crippen LogP contribution in [0.25, 0.3) is 11.1 Å². The van der Waals surface area contributed by atoms with Gasteiger partial charge < -0.3 is 15.4 Å². The first-order valence-corrected chi connectivity index (χ1v) is 14.1. The first-order valence-electron chi connectivity index (χ1n) is 12.9. The Morgan fingerprint density at radius 1 is 1.12 bits per heavy atom. The molecule has 1 unspecified atom stereocenters. The van der Waals surface area contributed by atoms with Gasteiger partial charge in [0, 0.05) is 52.7 Å². The van der Waals surface area contributed by atoms with Gasteiger partial charge in [-0.15, -0.1) is 0 Å². The number of rotatable bonds is 11. The van der Waals surface area contributed by atoms with Gasteiger partial charge in [0.15, 0.2) is 0 Å². The summed E-state index contributed by atoms with van der Waals surface area (Å²) in [6.07, 6.45) is 2.68. The Bertz CT molecular complexity index is 1500. The monoisotopic (exact) mass is 626 g/mol. The van der Waals surface area contributed by atoms with Gasteiger partial charge in [0.2, 0.25) is 5.91 Å². The van der Waals surface area contributed by atoms with Crippen molar-refractivity contribution >= 4 is 45.0 Å². The highest BCUT2D eigenvalue weighted by atomic mass is 79.9. The SMILES string of the molecule is CCCOCn1nc(C)c(-c2ccc(NC(=O)C(Cc3cc(Br)ccc3Cl)NC(=O)c3ccnn3C)cc2)c1C. The number of carbonyl (C=O) groups is 2. The van der Waals surface area contributed by atoms with Gasteiger partial charge in [0.1, 0.15) is 18.5 Å². The maximum Gasteiger partial charge on any atom is 0.270 e. The molecule has 4 aromatic rings. The molecular weight excluding hydrogens is 596 g/mol. The van der Waals surface area contributed by atoms with Crippen LogP contribution in [0.5, 0.6) is 0 Å². The van der Waals surface area contributed by atoms with Crippen LogP contribution in [0.4, 0.5) is 5.69 Å². The van der Waals surface area contributed by atoms with Gasteiger partial charge in [-0.2, -0.15) is 10.2 Å². The fourth-order valence-electron chi connectivity index (χ4n) is 4.44. The van der Waals surface area contributed by atoms with Crippen LogP contribution in [0.1, 0.15) is 40.8 Å². The van der Waals surface area contributed by atoms with Crippen LogP contribution in [0.3, 0.4) is 0 Å². The molecular formula is C29H32BrClN6O3. The number of halogens is 2. The van der Waals surface area contributed by atoms with Gasteiger partial charge in [-0.1, -0.05) is 46.6 Å². The highest BCUT2D eigenvalue weighted by Gasteiger charge is 2.25. The van der Waals surface area contributed by atoms with Crippen LogP contribution in [-0.4, -0.2) is 44.0 Å². The van der Waals surface area contributed by atoms with Crippen molar-refractivity contribution in [3.8, 4) is 11.1 Å². The van der Waals surface area contributed by atoms with E-state index in [-0.39, 0.29) is 12.3 Å². The number of benzene rings is 2. The van der Waals surface area contributed by atoms with E-state index in [1.54, 1.807) is 19.2 Å². The van der Waals surface area contributed by atoms with Crippen LogP contribution < -0.4 is 10.6 Å². The summed E-state index contributed by atoms with van der Waals surface area (Å²) in [5, 5.41) is 15.0. The molecule has 0 saturated carbocycles. The van der Waals surface area contributed by atoms with Crippen molar-refractivity contribution in [2.24, 2.45) is 7.05 Å². The quantitative estimate of drug-likeness (QED) is 0.208. The lowest BCUT2D eigenvalue weighted by Gasteiger charge is -2.20. The second-order valence-corrected chi connectivity index (χ2v) is 10.8. The largest absolute Gasteiger partial charge is 0.359 e. The summed E-state index contributed by atoms with van der Waals surface area (Å²) in [6, 6.07) is 13.7. The number of anilines is 1. The summed E-state index contributed by atoms with van der Waals surface area (Å²) < 4.78 is 9.80. The number of aromatic nitrogens is 4. The normalized spacial score (nSPS) is 11.8. The fourth-order valence-corrected chi connectivity index (χ4v) is 5.05. The third kappa shape index (κ3) is 6.99. The van der Waals surface area contributed by atoms with E-state index < -0.39 is 11.9 Å². The maximum absolute atomic E-state index is 13.5. The van der Waals surface area contributed by atoms with E-state index in [0.29, 0.717) is 29.7 Å². The zero-order valence-corrected chi connectivity index (χ0v) is 25.2. The van der Waals surface area contributed by atoms with Gasteiger partial charge in [-0.25, -0.2) is 4.68 Å². The van der Waals surface area contributed by atoms with E-state index in [4.69, 9.17) is 16.3 Å². The van der Waals surface area contributed by atoms with Gasteiger partial charge in [-0.3, -0.25) is 14.3 Å². The second kappa shape index (κ2) is 13.3. The molecule has 0 spiro atoms. The van der Waals surface area contributed by atoms with Crippen LogP contribution in [-0.2, 0) is 29.7 Å². The number of carbonyl (C=O) groups excluding carboxylic acids is 2. The van der Waals surface area contributed by atoms with Gasteiger partial charge >= 0.3 is 0 Å². The molecule has 2 aromatic heterocycles. The maximum atomic E-state index is 13.5. The fraction of sp³-hybridized carbons (Fsp3) is 0.310. The van der Waals surface area contributed by atoms with Crippen molar-refractivity contribution in [2.75, 3.05) is 11.9 Å². The molecule has 0 aliphatic carbocycles. The number of hydrogen-bond donors (Lipinski definition) is 2. The Morgan fingerprint density at radius 3 is 2.55 bits per heavy atom. The lowest BCUT2D eigenvalue weighted by atomic mass is 10.0. The molecule has 0 saturated heterocycles. The lowest BCUT2D eigenvalue weighted by Crippen LogP contribution is -2.45. The standard InChI is InChI=1S/C29H32BrClN6O3/c1-5-14-40-17-37-19(3)27(18(2)35-37)20-6-9-23(10-7-20)33-28(38)25(16-21-15-22(30)8-11-24(21)31)34-29(39)26-12-13-32-36(26)4/h6-13,15,25H,5,14,16-17H2,1-4H3,(H,33,38)(H,34,39). The van der Waals surface area contributed by atoms with Crippen molar-refractivity contribution < 1.29 is 14.3 Å². The second-order valence-electron chi connectivity index (χ2n) is 9.46. The van der Waals surface area contributed by atoms with Gasteiger partial charge in [0.05, 0.1) is 5.69 Å². The molecule has 40 heavy (non-hydrogen) atoms. The summed E-state index contributed by atoms with van der Waals surface area (Å²) in [4.78, 5) is 26.4. The van der Waals surface area contributed by atoms with Crippen LogP contribution in [0.15, 0.2) is 59.2 Å². The minimum absolute atomic E-state index is 0.198. The lowest BCUT2D eigenvalue weighted by molar-refractivity contribution is -0.118. The third-order valence-electron chi connectivity index (χ3n) is 6.49. The molecule has 0 bridgehead atoms. The Morgan fingerprint density at radius 2 is 1.88 bits per heavy atom. The third-order valence-corrected chi connectivity index (χ3v) is 7.35. The molecule has 2 aromatic carbocycles. The van der Waals surface area contributed by atoms with Crippen LogP contribution in [0.2, 0.25) is 5.02 Å². The number of aryl methyl sites for hydroxylation is 2. The van der Waals surface area contributed by atoms with Crippen LogP contribution in [0, 0.1) is 13.8 Å². The number of hydrogen-bond acceptors (Lipinski definition) is 5. The van der Waals surface area contributed by atoms with Crippen LogP contribution >= 0.6 is 27.5 Å². The molecule has 0 aliphatic rings. The molecule has 1 atom stereocenters. The Hall–Kier alpha value is -3.47. The summed E-state index contributed by atoms with van der Waals surface area (Å²) in [5.74, 6) is -0.778. The Kier molecular flexibility index (Phi) is 9.78. The van der Waals surface area contributed by atoms with Crippen molar-refractivity contribution in [1.29, 1.82) is 0 Å². The highest BCUT2D eigenvalue weighted by molar-refractivity contribution is 9.10. The van der Waals surface area contributed by atoms with Crippen molar-refractivity contribution in [1.82, 2.24) is 24.9 Å². The zero-order chi connectivity index (χ0) is 28.8. The summed E-state index contributed by atoms with van der Waals surface area (Å²) in [7, 11) is 1.67. The van der Waals surface area contributed by atoms with E-state index in [0.717, 1.165) is 39.0 Å². The van der Waals surface area contributed by atoms with E-state index >= 15 is 0 Å². The van der Waals surface area contributed by atoms with Crippen molar-refractivity contribution in [3.05, 3.63) is 86.9 Å². The number of nitrogens with zero attached hydrogens (tertiary/aromatic N) is 4. The summed E-state index contributed by atoms with van der Waals surface area (Å²) in [5.41, 5.74) is 5.59. The predicted molar refractivity (Wildman–Crippen MR) is 159 cm³/mol. The zero-order valence-electron chi connectivity index (χ0n) is 22.9. The molecule has 2 amide bonds. The number of amides is 2. The summed E-state index contributed by atoms with van der Waals surface area (Å²) >= 11 is 9.86. The molecule has 11 heteroatoms. The molecule has 0 fully saturated rings. The average molecular weight is 628 g/mol. The van der Waals surface area contributed by atoms with E-state index in [1.807, 2.05) is 54.9 Å². The molecule has 0 aliphatic heterocycles. The minimum Gasteiger partial charge on any atom is -0.359 e. The van der Waals surface area contributed by atoms with E-state index in [2.05, 4.69) is 43.7 Å². The van der Waals surface area contributed by atoms with E-state index in [1.165, 1.54) is 10.9 Å². The molecule has 2 heterocycles. The Labute approximate surface area is 247 Å². The topological polar surface area (TPSA) is 103 Å². The van der Waals surface area contributed by atoms with E-state index in [9.17, 15) is 9.59 Å². The smallest absolute Gasteiger partial charge is 0.270 e. The average Bonchev–Trinajstić information content (AvgIpc) is 3.48. The van der Waals surface area contributed by atoms with Gasteiger partial charge in [0.25, 0.3) is 5.91 Å². The molecule has 0 radical (unpaired) electrons. The van der Waals surface area contributed by atoms with Crippen molar-refractivity contribution in [2.45, 2.75) is 46.4 Å². The van der Waals surface area contributed by atoms with Gasteiger partial charge in [-0.05, 0) is 67.8 Å². The first kappa shape index (κ1) is 29.5. The minimum atomic E-state index is -0.889. The predicted octanol–water partition coefficient (Wildman–Crippen LogP) is 5.68. The molecule has 210 valence electrons. The molecule has 9 nitrogen and oxygen atoms in total. The first-order chi connectivity index (χ1) is 19.2. The summed E-state index contributed by atoms with van der Waals surface area (Å²) in [6.45, 7) is 7.14. The molecule has 2 N–H and O–H groups in total. The van der Waals surface area contributed by atoms with Crippen molar-refractivity contribution in [3.63, 3.8) is 0 Å². The Balaban J connectivity index is 1.53. The number of nitrogens with one attached hydrogen (secondary N) is 2. The number of ether oxygens (including phenoxy) is 1. The highest BCUT2D eigenvalue weighted by Crippen LogP contribution is 2.28. The molecule has 4 rings (SSSR count).